The maximum Gasteiger partial charge on any atom is 0.292 e. The second-order valence-electron chi connectivity index (χ2n) is 6.68. The van der Waals surface area contributed by atoms with Crippen LogP contribution in [0.15, 0.2) is 58.4 Å². The van der Waals surface area contributed by atoms with Gasteiger partial charge in [0.25, 0.3) is 11.5 Å². The van der Waals surface area contributed by atoms with Crippen LogP contribution in [0.25, 0.3) is 16.5 Å². The lowest BCUT2D eigenvalue weighted by Crippen LogP contribution is -2.27. The van der Waals surface area contributed by atoms with E-state index in [1.807, 2.05) is 12.1 Å². The number of para-hydroxylation sites is 1. The SMILES string of the molecule is Cc1nn(-c2ccccc2Cl)c(Cl)c1C=NNC(=O)c1nn(C)c(=O)c2ccccc12. The minimum atomic E-state index is -0.560. The number of hydrazone groups is 1. The highest BCUT2D eigenvalue weighted by atomic mass is 35.5. The molecule has 1 N–H and O–H groups in total. The van der Waals surface area contributed by atoms with E-state index in [4.69, 9.17) is 23.2 Å². The molecule has 2 heterocycles. The van der Waals surface area contributed by atoms with Crippen LogP contribution in [0, 0.1) is 6.92 Å². The maximum atomic E-state index is 12.7. The molecule has 0 spiro atoms. The number of halogens is 2. The minimum Gasteiger partial charge on any atom is -0.267 e. The molecule has 0 bridgehead atoms. The Morgan fingerprint density at radius 2 is 1.74 bits per heavy atom. The van der Waals surface area contributed by atoms with Crippen molar-refractivity contribution in [3.63, 3.8) is 0 Å². The molecular weight excluding hydrogens is 439 g/mol. The summed E-state index contributed by atoms with van der Waals surface area (Å²) in [6.07, 6.45) is 1.40. The third-order valence-corrected chi connectivity index (χ3v) is 5.34. The van der Waals surface area contributed by atoms with Crippen molar-refractivity contribution in [2.24, 2.45) is 12.1 Å². The number of benzene rings is 2. The van der Waals surface area contributed by atoms with E-state index in [1.54, 1.807) is 43.3 Å². The van der Waals surface area contributed by atoms with E-state index in [0.29, 0.717) is 37.9 Å². The van der Waals surface area contributed by atoms with Crippen molar-refractivity contribution in [1.82, 2.24) is 25.0 Å². The summed E-state index contributed by atoms with van der Waals surface area (Å²) in [6.45, 7) is 1.77. The number of nitrogens with zero attached hydrogens (tertiary/aromatic N) is 5. The summed E-state index contributed by atoms with van der Waals surface area (Å²) in [5.41, 5.74) is 3.99. The number of hydrogen-bond acceptors (Lipinski definition) is 5. The number of aromatic nitrogens is 4. The predicted octanol–water partition coefficient (Wildman–Crippen LogP) is 3.50. The Morgan fingerprint density at radius 1 is 1.06 bits per heavy atom. The number of nitrogens with one attached hydrogen (secondary N) is 1. The summed E-state index contributed by atoms with van der Waals surface area (Å²) in [7, 11) is 1.49. The van der Waals surface area contributed by atoms with Crippen molar-refractivity contribution in [3.05, 3.63) is 86.0 Å². The fraction of sp³-hybridized carbons (Fsp3) is 0.0952. The molecule has 0 aliphatic heterocycles. The standard InChI is InChI=1S/C21H16Cl2N6O2/c1-12-15(19(23)29(26-12)17-10-6-5-9-16(17)22)11-24-25-20(30)18-13-7-3-4-8-14(13)21(31)28(2)27-18/h3-11H,1-2H3,(H,25,30). The highest BCUT2D eigenvalue weighted by Crippen LogP contribution is 2.26. The van der Waals surface area contributed by atoms with E-state index in [-0.39, 0.29) is 11.3 Å². The molecular formula is C21H16Cl2N6O2. The van der Waals surface area contributed by atoms with Gasteiger partial charge in [0, 0.05) is 12.4 Å². The molecule has 4 aromatic rings. The van der Waals surface area contributed by atoms with E-state index in [2.05, 4.69) is 20.7 Å². The van der Waals surface area contributed by atoms with Gasteiger partial charge in [0.15, 0.2) is 5.69 Å². The Hall–Kier alpha value is -3.49. The number of hydrogen-bond donors (Lipinski definition) is 1. The second-order valence-corrected chi connectivity index (χ2v) is 7.44. The van der Waals surface area contributed by atoms with Crippen molar-refractivity contribution >= 4 is 46.1 Å². The van der Waals surface area contributed by atoms with E-state index in [1.165, 1.54) is 17.9 Å². The lowest BCUT2D eigenvalue weighted by Gasteiger charge is -2.06. The molecule has 156 valence electrons. The smallest absolute Gasteiger partial charge is 0.267 e. The average Bonchev–Trinajstić information content (AvgIpc) is 3.04. The van der Waals surface area contributed by atoms with Crippen LogP contribution in [0.5, 0.6) is 0 Å². The van der Waals surface area contributed by atoms with Gasteiger partial charge in [-0.25, -0.2) is 14.8 Å². The largest absolute Gasteiger partial charge is 0.292 e. The molecule has 4 rings (SSSR count). The van der Waals surface area contributed by atoms with Crippen molar-refractivity contribution in [2.45, 2.75) is 6.92 Å². The van der Waals surface area contributed by atoms with Gasteiger partial charge in [-0.3, -0.25) is 9.59 Å². The van der Waals surface area contributed by atoms with Gasteiger partial charge in [0.1, 0.15) is 5.15 Å². The molecule has 0 saturated carbocycles. The molecule has 1 amide bonds. The molecule has 31 heavy (non-hydrogen) atoms. The average molecular weight is 455 g/mol. The van der Waals surface area contributed by atoms with Gasteiger partial charge in [-0.05, 0) is 25.1 Å². The summed E-state index contributed by atoms with van der Waals surface area (Å²) >= 11 is 12.7. The van der Waals surface area contributed by atoms with Crippen LogP contribution < -0.4 is 11.0 Å². The molecule has 2 aromatic carbocycles. The van der Waals surface area contributed by atoms with Gasteiger partial charge >= 0.3 is 0 Å². The lowest BCUT2D eigenvalue weighted by molar-refractivity contribution is 0.0950. The first kappa shape index (κ1) is 20.8. The Bertz CT molecular complexity index is 1410. The number of carbonyl (C=O) groups is 1. The van der Waals surface area contributed by atoms with Crippen LogP contribution in [0.2, 0.25) is 10.2 Å². The summed E-state index contributed by atoms with van der Waals surface area (Å²) in [4.78, 5) is 24.9. The summed E-state index contributed by atoms with van der Waals surface area (Å²) in [5.74, 6) is -0.560. The topological polar surface area (TPSA) is 94.2 Å². The molecule has 0 fully saturated rings. The zero-order valence-corrected chi connectivity index (χ0v) is 18.0. The number of amides is 1. The van der Waals surface area contributed by atoms with Crippen LogP contribution in [0.4, 0.5) is 0 Å². The summed E-state index contributed by atoms with van der Waals surface area (Å²) in [5, 5.41) is 14.1. The van der Waals surface area contributed by atoms with E-state index >= 15 is 0 Å². The fourth-order valence-electron chi connectivity index (χ4n) is 3.12. The maximum absolute atomic E-state index is 12.7. The van der Waals surface area contributed by atoms with Gasteiger partial charge in [-0.2, -0.15) is 15.3 Å². The van der Waals surface area contributed by atoms with Gasteiger partial charge in [0.05, 0.1) is 33.6 Å². The number of carbonyl (C=O) groups excluding carboxylic acids is 1. The highest BCUT2D eigenvalue weighted by Gasteiger charge is 2.17. The molecule has 0 unspecified atom stereocenters. The Morgan fingerprint density at radius 3 is 2.48 bits per heavy atom. The summed E-state index contributed by atoms with van der Waals surface area (Å²) < 4.78 is 2.63. The zero-order chi connectivity index (χ0) is 22.1. The molecule has 0 aliphatic rings. The van der Waals surface area contributed by atoms with Crippen molar-refractivity contribution in [3.8, 4) is 5.69 Å². The number of fused-ring (bicyclic) bond motifs is 1. The van der Waals surface area contributed by atoms with E-state index in [9.17, 15) is 9.59 Å². The van der Waals surface area contributed by atoms with Crippen LogP contribution in [0.1, 0.15) is 21.7 Å². The highest BCUT2D eigenvalue weighted by molar-refractivity contribution is 6.34. The first-order chi connectivity index (χ1) is 14.9. The zero-order valence-electron chi connectivity index (χ0n) is 16.5. The quantitative estimate of drug-likeness (QED) is 0.377. The first-order valence-corrected chi connectivity index (χ1v) is 9.93. The van der Waals surface area contributed by atoms with Crippen LogP contribution >= 0.6 is 23.2 Å². The fourth-order valence-corrected chi connectivity index (χ4v) is 3.65. The molecule has 0 radical (unpaired) electrons. The molecule has 2 aromatic heterocycles. The Labute approximate surface area is 186 Å². The van der Waals surface area contributed by atoms with Gasteiger partial charge in [-0.15, -0.1) is 0 Å². The molecule has 0 atom stereocenters. The van der Waals surface area contributed by atoms with Crippen LogP contribution in [-0.4, -0.2) is 31.7 Å². The first-order valence-electron chi connectivity index (χ1n) is 9.18. The van der Waals surface area contributed by atoms with E-state index in [0.717, 1.165) is 4.68 Å². The van der Waals surface area contributed by atoms with Gasteiger partial charge in [-0.1, -0.05) is 53.5 Å². The lowest BCUT2D eigenvalue weighted by atomic mass is 10.1. The van der Waals surface area contributed by atoms with Gasteiger partial charge in [0.2, 0.25) is 0 Å². The summed E-state index contributed by atoms with van der Waals surface area (Å²) in [6, 6.07) is 13.9. The molecule has 0 aliphatic carbocycles. The molecule has 10 heteroatoms. The Kier molecular flexibility index (Phi) is 5.58. The van der Waals surface area contributed by atoms with Gasteiger partial charge < -0.3 is 0 Å². The van der Waals surface area contributed by atoms with Crippen molar-refractivity contribution < 1.29 is 4.79 Å². The van der Waals surface area contributed by atoms with Crippen molar-refractivity contribution in [2.75, 3.05) is 0 Å². The second kappa shape index (κ2) is 8.33. The monoisotopic (exact) mass is 454 g/mol. The third-order valence-electron chi connectivity index (χ3n) is 4.66. The van der Waals surface area contributed by atoms with Crippen LogP contribution in [-0.2, 0) is 7.05 Å². The Balaban J connectivity index is 1.63. The number of rotatable bonds is 4. The molecule has 8 nitrogen and oxygen atoms in total. The van der Waals surface area contributed by atoms with E-state index < -0.39 is 5.91 Å². The van der Waals surface area contributed by atoms with Crippen molar-refractivity contribution in [1.29, 1.82) is 0 Å². The predicted molar refractivity (Wildman–Crippen MR) is 120 cm³/mol. The van der Waals surface area contributed by atoms with Crippen LogP contribution in [0.3, 0.4) is 0 Å². The molecule has 0 saturated heterocycles. The minimum absolute atomic E-state index is 0.0874. The normalized spacial score (nSPS) is 11.4. The third kappa shape index (κ3) is 3.83. The number of aryl methyl sites for hydroxylation is 2.